The molecule has 3 aromatic carbocycles. The molecule has 3 heterocycles. The highest BCUT2D eigenvalue weighted by molar-refractivity contribution is 7.98. The fourth-order valence-electron chi connectivity index (χ4n) is 5.30. The number of carbonyl (C=O) groups excluding carboxylic acids is 2. The van der Waals surface area contributed by atoms with Crippen LogP contribution < -0.4 is 10.6 Å². The lowest BCUT2D eigenvalue weighted by molar-refractivity contribution is -0.141. The smallest absolute Gasteiger partial charge is 0.325 e. The van der Waals surface area contributed by atoms with Crippen LogP contribution in [-0.4, -0.2) is 48.9 Å². The standard InChI is InChI=1S/C39H37N5O4S2/c1-24(38(47)48)42-36(45)31(43-37(46)33-16-17-34(49-33)39(2,3)4)20-25-10-12-26(13-11-25)35-40-22-29(23-41-35)27-14-15-32-28(21-27)18-19-44(32)50-30-8-6-5-7-9-30/h5-19,21-24,31H,20H2,1-4H3,(H,42,45)(H,43,46)(H,47,48)/t24-,31?/m1/s1. The molecule has 0 aliphatic carbocycles. The zero-order valence-electron chi connectivity index (χ0n) is 28.1. The van der Waals surface area contributed by atoms with Crippen LogP contribution in [0.15, 0.2) is 114 Å². The van der Waals surface area contributed by atoms with Gasteiger partial charge in [0.25, 0.3) is 5.91 Å². The number of aliphatic carboxylic acids is 1. The Kier molecular flexibility index (Phi) is 10.2. The van der Waals surface area contributed by atoms with Crippen LogP contribution in [0.3, 0.4) is 0 Å². The topological polar surface area (TPSA) is 126 Å². The minimum absolute atomic E-state index is 0.119. The van der Waals surface area contributed by atoms with E-state index in [0.717, 1.165) is 42.9 Å². The Bertz CT molecular complexity index is 2140. The molecule has 50 heavy (non-hydrogen) atoms. The van der Waals surface area contributed by atoms with Gasteiger partial charge in [-0.15, -0.1) is 11.3 Å². The first-order valence-corrected chi connectivity index (χ1v) is 17.7. The zero-order valence-corrected chi connectivity index (χ0v) is 29.7. The Morgan fingerprint density at radius 2 is 1.56 bits per heavy atom. The van der Waals surface area contributed by atoms with Gasteiger partial charge in [-0.3, -0.25) is 18.4 Å². The molecule has 2 amide bonds. The van der Waals surface area contributed by atoms with Gasteiger partial charge < -0.3 is 15.7 Å². The lowest BCUT2D eigenvalue weighted by Crippen LogP contribution is -2.51. The third-order valence-electron chi connectivity index (χ3n) is 8.16. The van der Waals surface area contributed by atoms with Crippen LogP contribution in [0.4, 0.5) is 0 Å². The molecule has 0 spiro atoms. The molecule has 1 unspecified atom stereocenters. The number of carboxylic acids is 1. The number of carbonyl (C=O) groups is 3. The van der Waals surface area contributed by atoms with E-state index in [-0.39, 0.29) is 17.7 Å². The van der Waals surface area contributed by atoms with E-state index >= 15 is 0 Å². The van der Waals surface area contributed by atoms with Crippen LogP contribution >= 0.6 is 23.3 Å². The van der Waals surface area contributed by atoms with Gasteiger partial charge in [-0.2, -0.15) is 0 Å². The normalized spacial score (nSPS) is 12.7. The molecule has 11 heteroatoms. The number of amides is 2. The fraction of sp³-hybridized carbons (Fsp3) is 0.205. The maximum atomic E-state index is 13.2. The summed E-state index contributed by atoms with van der Waals surface area (Å²) in [5.41, 5.74) is 4.49. The molecule has 0 saturated heterocycles. The fourth-order valence-corrected chi connectivity index (χ4v) is 7.16. The van der Waals surface area contributed by atoms with Gasteiger partial charge in [0.05, 0.1) is 10.4 Å². The van der Waals surface area contributed by atoms with Crippen molar-refractivity contribution in [3.05, 3.63) is 125 Å². The second kappa shape index (κ2) is 14.7. The molecule has 0 aliphatic rings. The quantitative estimate of drug-likeness (QED) is 0.127. The van der Waals surface area contributed by atoms with Crippen LogP contribution in [0.25, 0.3) is 33.4 Å². The summed E-state index contributed by atoms with van der Waals surface area (Å²) in [5.74, 6) is -1.57. The summed E-state index contributed by atoms with van der Waals surface area (Å²) in [5, 5.41) is 15.8. The summed E-state index contributed by atoms with van der Waals surface area (Å²) >= 11 is 3.04. The molecule has 254 valence electrons. The predicted octanol–water partition coefficient (Wildman–Crippen LogP) is 7.61. The van der Waals surface area contributed by atoms with E-state index in [4.69, 9.17) is 0 Å². The molecule has 6 rings (SSSR count). The highest BCUT2D eigenvalue weighted by Crippen LogP contribution is 2.31. The van der Waals surface area contributed by atoms with E-state index in [2.05, 4.69) is 87.9 Å². The summed E-state index contributed by atoms with van der Waals surface area (Å²) in [6.45, 7) is 7.59. The highest BCUT2D eigenvalue weighted by Gasteiger charge is 2.26. The Labute approximate surface area is 298 Å². The number of thiophene rings is 1. The van der Waals surface area contributed by atoms with Crippen molar-refractivity contribution < 1.29 is 19.5 Å². The monoisotopic (exact) mass is 703 g/mol. The molecular formula is C39H37N5O4S2. The molecule has 0 aliphatic heterocycles. The van der Waals surface area contributed by atoms with Gasteiger partial charge in [0.2, 0.25) is 5.91 Å². The number of fused-ring (bicyclic) bond motifs is 1. The first kappa shape index (κ1) is 34.6. The predicted molar refractivity (Wildman–Crippen MR) is 199 cm³/mol. The molecule has 2 atom stereocenters. The minimum atomic E-state index is -1.16. The average molecular weight is 704 g/mol. The molecule has 0 bridgehead atoms. The van der Waals surface area contributed by atoms with E-state index in [1.54, 1.807) is 18.0 Å². The van der Waals surface area contributed by atoms with Crippen molar-refractivity contribution in [2.45, 2.75) is 56.5 Å². The van der Waals surface area contributed by atoms with Crippen molar-refractivity contribution in [2.75, 3.05) is 0 Å². The average Bonchev–Trinajstić information content (AvgIpc) is 3.77. The SMILES string of the molecule is C[C@@H](NC(=O)C(Cc1ccc(-c2ncc(-c3ccc4c(ccn4Sc4ccccc4)c3)cn2)cc1)NC(=O)c1ccc(C(C)(C)C)s1)C(=O)O. The summed E-state index contributed by atoms with van der Waals surface area (Å²) in [6, 6.07) is 27.7. The van der Waals surface area contributed by atoms with Gasteiger partial charge >= 0.3 is 5.97 Å². The summed E-state index contributed by atoms with van der Waals surface area (Å²) in [6.07, 6.45) is 5.85. The van der Waals surface area contributed by atoms with Crippen molar-refractivity contribution in [1.29, 1.82) is 0 Å². The van der Waals surface area contributed by atoms with Gasteiger partial charge in [-0.1, -0.05) is 69.3 Å². The van der Waals surface area contributed by atoms with Crippen molar-refractivity contribution in [3.63, 3.8) is 0 Å². The number of rotatable bonds is 11. The van der Waals surface area contributed by atoms with Crippen LogP contribution in [0.5, 0.6) is 0 Å². The second-order valence-electron chi connectivity index (χ2n) is 13.0. The van der Waals surface area contributed by atoms with Crippen LogP contribution in [0.2, 0.25) is 0 Å². The van der Waals surface area contributed by atoms with Crippen molar-refractivity contribution in [3.8, 4) is 22.5 Å². The highest BCUT2D eigenvalue weighted by atomic mass is 32.2. The lowest BCUT2D eigenvalue weighted by atomic mass is 9.95. The maximum Gasteiger partial charge on any atom is 0.325 e. The van der Waals surface area contributed by atoms with Gasteiger partial charge in [-0.05, 0) is 77.9 Å². The van der Waals surface area contributed by atoms with Crippen molar-refractivity contribution in [2.24, 2.45) is 0 Å². The molecule has 6 aromatic rings. The summed E-state index contributed by atoms with van der Waals surface area (Å²) in [7, 11) is 0. The van der Waals surface area contributed by atoms with Crippen LogP contribution in [-0.2, 0) is 21.4 Å². The molecule has 0 saturated carbocycles. The van der Waals surface area contributed by atoms with Crippen LogP contribution in [0, 0.1) is 0 Å². The number of nitrogens with zero attached hydrogens (tertiary/aromatic N) is 3. The molecule has 3 N–H and O–H groups in total. The van der Waals surface area contributed by atoms with Gasteiger partial charge in [0.1, 0.15) is 12.1 Å². The number of nitrogens with one attached hydrogen (secondary N) is 2. The molecule has 9 nitrogen and oxygen atoms in total. The van der Waals surface area contributed by atoms with Crippen LogP contribution in [0.1, 0.15) is 47.8 Å². The van der Waals surface area contributed by atoms with Gasteiger partial charge in [-0.25, -0.2) is 9.97 Å². The Morgan fingerprint density at radius 1 is 0.860 bits per heavy atom. The molecule has 0 radical (unpaired) electrons. The Hall–Kier alpha value is -5.26. The second-order valence-corrected chi connectivity index (χ2v) is 15.2. The first-order valence-electron chi connectivity index (χ1n) is 16.2. The number of hydrogen-bond donors (Lipinski definition) is 3. The zero-order chi connectivity index (χ0) is 35.4. The van der Waals surface area contributed by atoms with E-state index in [1.807, 2.05) is 60.9 Å². The maximum absolute atomic E-state index is 13.2. The van der Waals surface area contributed by atoms with Gasteiger partial charge in [0, 0.05) is 51.3 Å². The van der Waals surface area contributed by atoms with Crippen molar-refractivity contribution >= 4 is 52.0 Å². The third-order valence-corrected chi connectivity index (χ3v) is 10.7. The van der Waals surface area contributed by atoms with E-state index < -0.39 is 24.0 Å². The minimum Gasteiger partial charge on any atom is -0.480 e. The number of hydrogen-bond acceptors (Lipinski definition) is 7. The van der Waals surface area contributed by atoms with Gasteiger partial charge in [0.15, 0.2) is 5.82 Å². The van der Waals surface area contributed by atoms with E-state index in [0.29, 0.717) is 10.7 Å². The summed E-state index contributed by atoms with van der Waals surface area (Å²) < 4.78 is 2.16. The molecule has 3 aromatic heterocycles. The lowest BCUT2D eigenvalue weighted by Gasteiger charge is -2.20. The molecule has 0 fully saturated rings. The number of aromatic nitrogens is 3. The van der Waals surface area contributed by atoms with E-state index in [1.165, 1.54) is 18.3 Å². The third kappa shape index (κ3) is 8.12. The largest absolute Gasteiger partial charge is 0.480 e. The Morgan fingerprint density at radius 3 is 2.22 bits per heavy atom. The number of carboxylic acid groups (broad SMARTS) is 1. The molecular weight excluding hydrogens is 667 g/mol. The summed E-state index contributed by atoms with van der Waals surface area (Å²) in [4.78, 5) is 49.7. The Balaban J connectivity index is 1.15. The number of benzene rings is 3. The first-order chi connectivity index (χ1) is 23.9. The van der Waals surface area contributed by atoms with E-state index in [9.17, 15) is 19.5 Å². The van der Waals surface area contributed by atoms with Crippen molar-refractivity contribution in [1.82, 2.24) is 24.6 Å².